The lowest BCUT2D eigenvalue weighted by molar-refractivity contribution is -0.113. The summed E-state index contributed by atoms with van der Waals surface area (Å²) in [6.07, 6.45) is 1.96. The molecule has 148 valence electrons. The van der Waals surface area contributed by atoms with Crippen molar-refractivity contribution in [2.45, 2.75) is 38.4 Å². The maximum atomic E-state index is 12.3. The molecule has 5 nitrogen and oxygen atoms in total. The molecule has 0 unspecified atom stereocenters. The monoisotopic (exact) mass is 454 g/mol. The van der Waals surface area contributed by atoms with Crippen molar-refractivity contribution >= 4 is 57.9 Å². The van der Waals surface area contributed by atoms with Gasteiger partial charge in [-0.15, -0.1) is 21.5 Å². The number of carbonyl (C=O) groups is 1. The number of thioether (sulfide) groups is 1. The summed E-state index contributed by atoms with van der Waals surface area (Å²) in [5, 5.41) is 15.2. The van der Waals surface area contributed by atoms with Gasteiger partial charge in [-0.1, -0.05) is 48.8 Å². The fourth-order valence-electron chi connectivity index (χ4n) is 2.62. The van der Waals surface area contributed by atoms with Crippen LogP contribution in [0.5, 0.6) is 0 Å². The van der Waals surface area contributed by atoms with Crippen LogP contribution in [0.25, 0.3) is 11.4 Å². The van der Waals surface area contributed by atoms with Crippen LogP contribution >= 0.6 is 46.3 Å². The Labute approximate surface area is 182 Å². The smallest absolute Gasteiger partial charge is 0.234 e. The van der Waals surface area contributed by atoms with E-state index in [1.165, 1.54) is 16.6 Å². The van der Waals surface area contributed by atoms with Gasteiger partial charge in [0.15, 0.2) is 11.0 Å². The lowest BCUT2D eigenvalue weighted by Crippen LogP contribution is -2.14. The molecule has 3 rings (SSSR count). The van der Waals surface area contributed by atoms with Crippen molar-refractivity contribution < 1.29 is 4.79 Å². The Bertz CT molecular complexity index is 971. The van der Waals surface area contributed by atoms with Gasteiger partial charge in [-0.05, 0) is 37.1 Å². The average Bonchev–Trinajstić information content (AvgIpc) is 3.30. The second kappa shape index (κ2) is 9.78. The number of aromatic nitrogens is 3. The minimum atomic E-state index is -0.139. The van der Waals surface area contributed by atoms with Gasteiger partial charge >= 0.3 is 0 Å². The van der Waals surface area contributed by atoms with Gasteiger partial charge in [-0.3, -0.25) is 4.79 Å². The number of nitrogens with zero attached hydrogens (tertiary/aromatic N) is 3. The Balaban J connectivity index is 1.69. The topological polar surface area (TPSA) is 59.8 Å². The maximum absolute atomic E-state index is 12.3. The molecular weight excluding hydrogens is 435 g/mol. The number of benzene rings is 1. The van der Waals surface area contributed by atoms with Crippen molar-refractivity contribution in [3.05, 3.63) is 44.6 Å². The van der Waals surface area contributed by atoms with Crippen LogP contribution < -0.4 is 5.32 Å². The lowest BCUT2D eigenvalue weighted by Gasteiger charge is -2.09. The molecule has 1 aromatic carbocycles. The molecule has 0 bridgehead atoms. The van der Waals surface area contributed by atoms with Crippen LogP contribution in [0.4, 0.5) is 5.69 Å². The number of nitrogens with one attached hydrogen (secondary N) is 1. The van der Waals surface area contributed by atoms with E-state index in [0.717, 1.165) is 35.9 Å². The van der Waals surface area contributed by atoms with E-state index in [-0.39, 0.29) is 11.7 Å². The van der Waals surface area contributed by atoms with Crippen LogP contribution in [0.1, 0.15) is 25.1 Å². The number of amides is 1. The zero-order chi connectivity index (χ0) is 20.1. The van der Waals surface area contributed by atoms with Gasteiger partial charge in [0, 0.05) is 28.1 Å². The normalized spacial score (nSPS) is 11.0. The second-order valence-electron chi connectivity index (χ2n) is 6.08. The summed E-state index contributed by atoms with van der Waals surface area (Å²) in [5.41, 5.74) is 1.69. The SMILES string of the molecule is CCCn1c(SCC(=O)Nc2ccc(Cl)c(Cl)c2)nnc1-c1csc(CC)c1. The van der Waals surface area contributed by atoms with Crippen molar-refractivity contribution in [1.82, 2.24) is 14.8 Å². The van der Waals surface area contributed by atoms with Crippen molar-refractivity contribution in [2.24, 2.45) is 0 Å². The highest BCUT2D eigenvalue weighted by atomic mass is 35.5. The van der Waals surface area contributed by atoms with Gasteiger partial charge < -0.3 is 9.88 Å². The number of carbonyl (C=O) groups excluding carboxylic acids is 1. The van der Waals surface area contributed by atoms with Gasteiger partial charge in [-0.25, -0.2) is 0 Å². The van der Waals surface area contributed by atoms with Gasteiger partial charge in [0.1, 0.15) is 0 Å². The predicted molar refractivity (Wildman–Crippen MR) is 119 cm³/mol. The van der Waals surface area contributed by atoms with E-state index in [4.69, 9.17) is 23.2 Å². The third kappa shape index (κ3) is 5.08. The molecule has 0 aliphatic carbocycles. The lowest BCUT2D eigenvalue weighted by atomic mass is 10.2. The average molecular weight is 455 g/mol. The first-order valence-corrected chi connectivity index (χ1v) is 11.5. The predicted octanol–water partition coefficient (Wildman–Crippen LogP) is 6.02. The number of aryl methyl sites for hydroxylation is 1. The Morgan fingerprint density at radius 3 is 2.71 bits per heavy atom. The summed E-state index contributed by atoms with van der Waals surface area (Å²) in [6, 6.07) is 7.16. The van der Waals surface area contributed by atoms with Gasteiger partial charge in [0.2, 0.25) is 5.91 Å². The zero-order valence-corrected chi connectivity index (χ0v) is 18.7. The van der Waals surface area contributed by atoms with Gasteiger partial charge in [-0.2, -0.15) is 0 Å². The molecule has 0 aliphatic heterocycles. The molecule has 3 aromatic rings. The summed E-state index contributed by atoms with van der Waals surface area (Å²) in [6.45, 7) is 5.05. The van der Waals surface area contributed by atoms with E-state index < -0.39 is 0 Å². The van der Waals surface area contributed by atoms with Gasteiger partial charge in [0.05, 0.1) is 15.8 Å². The molecule has 1 amide bonds. The van der Waals surface area contributed by atoms with Crippen molar-refractivity contribution in [2.75, 3.05) is 11.1 Å². The number of anilines is 1. The number of halogens is 2. The maximum Gasteiger partial charge on any atom is 0.234 e. The highest BCUT2D eigenvalue weighted by Gasteiger charge is 2.16. The summed E-state index contributed by atoms with van der Waals surface area (Å²) < 4.78 is 2.08. The van der Waals surface area contributed by atoms with E-state index in [9.17, 15) is 4.79 Å². The number of thiophene rings is 1. The molecule has 2 heterocycles. The highest BCUT2D eigenvalue weighted by molar-refractivity contribution is 7.99. The van der Waals surface area contributed by atoms with Crippen molar-refractivity contribution in [1.29, 1.82) is 0 Å². The third-order valence-electron chi connectivity index (χ3n) is 3.96. The third-order valence-corrected chi connectivity index (χ3v) is 6.75. The second-order valence-corrected chi connectivity index (χ2v) is 8.83. The number of rotatable bonds is 8. The van der Waals surface area contributed by atoms with E-state index in [1.807, 2.05) is 0 Å². The first-order valence-electron chi connectivity index (χ1n) is 8.90. The van der Waals surface area contributed by atoms with Gasteiger partial charge in [0.25, 0.3) is 0 Å². The molecule has 9 heteroatoms. The first kappa shape index (κ1) is 21.2. The summed E-state index contributed by atoms with van der Waals surface area (Å²) in [5.74, 6) is 0.941. The molecule has 0 radical (unpaired) electrons. The Kier molecular flexibility index (Phi) is 7.40. The van der Waals surface area contributed by atoms with E-state index >= 15 is 0 Å². The quantitative estimate of drug-likeness (QED) is 0.422. The Morgan fingerprint density at radius 1 is 1.21 bits per heavy atom. The fraction of sp³-hybridized carbons (Fsp3) is 0.316. The molecular formula is C19H20Cl2N4OS2. The van der Waals surface area contributed by atoms with Crippen LogP contribution in [0, 0.1) is 0 Å². The molecule has 2 aromatic heterocycles. The van der Waals surface area contributed by atoms with Crippen molar-refractivity contribution in [3.63, 3.8) is 0 Å². The van der Waals surface area contributed by atoms with Crippen LogP contribution in [0.3, 0.4) is 0 Å². The van der Waals surface area contributed by atoms with E-state index in [0.29, 0.717) is 15.7 Å². The molecule has 28 heavy (non-hydrogen) atoms. The fourth-order valence-corrected chi connectivity index (χ4v) is 4.49. The van der Waals surface area contributed by atoms with Crippen LogP contribution in [-0.2, 0) is 17.8 Å². The van der Waals surface area contributed by atoms with Crippen LogP contribution in [0.15, 0.2) is 34.8 Å². The van der Waals surface area contributed by atoms with Crippen LogP contribution in [0.2, 0.25) is 10.0 Å². The van der Waals surface area contributed by atoms with Crippen molar-refractivity contribution in [3.8, 4) is 11.4 Å². The molecule has 0 fully saturated rings. The van der Waals surface area contributed by atoms with E-state index in [1.54, 1.807) is 29.5 Å². The molecule has 1 N–H and O–H groups in total. The molecule has 0 spiro atoms. The molecule has 0 atom stereocenters. The minimum absolute atomic E-state index is 0.139. The number of hydrogen-bond acceptors (Lipinski definition) is 5. The summed E-state index contributed by atoms with van der Waals surface area (Å²) in [4.78, 5) is 13.6. The number of hydrogen-bond donors (Lipinski definition) is 1. The highest BCUT2D eigenvalue weighted by Crippen LogP contribution is 2.29. The zero-order valence-electron chi connectivity index (χ0n) is 15.5. The Morgan fingerprint density at radius 2 is 2.04 bits per heavy atom. The first-order chi connectivity index (χ1) is 13.5. The summed E-state index contributed by atoms with van der Waals surface area (Å²) >= 11 is 15.0. The summed E-state index contributed by atoms with van der Waals surface area (Å²) in [7, 11) is 0. The largest absolute Gasteiger partial charge is 0.325 e. The molecule has 0 saturated heterocycles. The minimum Gasteiger partial charge on any atom is -0.325 e. The standard InChI is InChI=1S/C19H20Cl2N4OS2/c1-3-7-25-18(12-8-14(4-2)27-10-12)23-24-19(25)28-11-17(26)22-13-5-6-15(20)16(21)9-13/h5-6,8-10H,3-4,7,11H2,1-2H3,(H,22,26). The van der Waals surface area contributed by atoms with Crippen LogP contribution in [-0.4, -0.2) is 26.4 Å². The molecule has 0 aliphatic rings. The Hall–Kier alpha value is -1.54. The molecule has 0 saturated carbocycles. The van der Waals surface area contributed by atoms with E-state index in [2.05, 4.69) is 45.4 Å².